The molecule has 3 atom stereocenters. The molecule has 0 fully saturated rings. The van der Waals surface area contributed by atoms with Crippen LogP contribution < -0.4 is 5.73 Å². The van der Waals surface area contributed by atoms with Crippen molar-refractivity contribution >= 4 is 5.91 Å². The van der Waals surface area contributed by atoms with E-state index in [0.29, 0.717) is 18.8 Å². The number of pyridine rings is 1. The molecule has 0 aliphatic rings. The highest BCUT2D eigenvalue weighted by Gasteiger charge is 2.37. The highest BCUT2D eigenvalue weighted by Crippen LogP contribution is 2.39. The minimum absolute atomic E-state index is 0.0747. The normalized spacial score (nSPS) is 14.3. The number of nitrogens with two attached hydrogens (primary N) is 1. The van der Waals surface area contributed by atoms with E-state index in [-0.39, 0.29) is 29.9 Å². The summed E-state index contributed by atoms with van der Waals surface area (Å²) in [6.07, 6.45) is 5.79. The number of methoxy groups -OCH3 is 1. The minimum atomic E-state index is -0.637. The predicted molar refractivity (Wildman–Crippen MR) is 135 cm³/mol. The van der Waals surface area contributed by atoms with Gasteiger partial charge < -0.3 is 20.4 Å². The topological polar surface area (TPSA) is 97.1 Å². The van der Waals surface area contributed by atoms with Crippen LogP contribution in [0.3, 0.4) is 0 Å². The van der Waals surface area contributed by atoms with Crippen LogP contribution in [0.1, 0.15) is 61.8 Å². The standard InChI is InChI=1S/C27H36FN5O2/c1-27(2,3)25(33(23(34)18-35-4)15-12-21(29)16-28)26-31-17-22(32-26)24(19-8-6-5-7-9-19)20-10-13-30-14-11-20/h5-11,13-14,17,21,24-25H,12,15-16,18,29H2,1-4H3,(H,31,32)/t21-,24+,25?/m0/s1. The first-order chi connectivity index (χ1) is 16.8. The number of H-pyrrole nitrogens is 1. The van der Waals surface area contributed by atoms with Crippen molar-refractivity contribution in [1.29, 1.82) is 0 Å². The fourth-order valence-corrected chi connectivity index (χ4v) is 4.39. The molecule has 1 unspecified atom stereocenters. The van der Waals surface area contributed by atoms with Gasteiger partial charge in [-0.15, -0.1) is 0 Å². The van der Waals surface area contributed by atoms with E-state index in [2.05, 4.69) is 42.9 Å². The van der Waals surface area contributed by atoms with Crippen molar-refractivity contribution in [3.05, 3.63) is 83.7 Å². The molecular weight excluding hydrogens is 445 g/mol. The first-order valence-corrected chi connectivity index (χ1v) is 11.9. The van der Waals surface area contributed by atoms with Crippen LogP contribution in [-0.4, -0.2) is 58.7 Å². The third kappa shape index (κ3) is 6.74. The van der Waals surface area contributed by atoms with E-state index in [1.807, 2.05) is 36.5 Å². The number of nitrogens with zero attached hydrogens (tertiary/aromatic N) is 3. The molecule has 35 heavy (non-hydrogen) atoms. The SMILES string of the molecule is COCC(=O)N(CC[C@H](N)CF)C(c1nc([C@H](c2ccccc2)c2ccncc2)c[nH]1)C(C)(C)C. The first-order valence-electron chi connectivity index (χ1n) is 11.9. The van der Waals surface area contributed by atoms with E-state index < -0.39 is 12.7 Å². The van der Waals surface area contributed by atoms with Crippen LogP contribution in [0.15, 0.2) is 61.1 Å². The fourth-order valence-electron chi connectivity index (χ4n) is 4.39. The zero-order valence-corrected chi connectivity index (χ0v) is 20.9. The molecular formula is C27H36FN5O2. The Hall–Kier alpha value is -3.10. The highest BCUT2D eigenvalue weighted by atomic mass is 19.1. The van der Waals surface area contributed by atoms with Gasteiger partial charge in [-0.05, 0) is 35.1 Å². The van der Waals surface area contributed by atoms with E-state index >= 15 is 0 Å². The van der Waals surface area contributed by atoms with Gasteiger partial charge in [0.15, 0.2) is 0 Å². The number of benzene rings is 1. The van der Waals surface area contributed by atoms with Gasteiger partial charge in [-0.25, -0.2) is 9.37 Å². The number of amides is 1. The summed E-state index contributed by atoms with van der Waals surface area (Å²) in [4.78, 5) is 27.4. The summed E-state index contributed by atoms with van der Waals surface area (Å²) in [6.45, 7) is 5.76. The van der Waals surface area contributed by atoms with Gasteiger partial charge in [0.05, 0.1) is 17.7 Å². The summed E-state index contributed by atoms with van der Waals surface area (Å²) in [5.74, 6) is 0.374. The smallest absolute Gasteiger partial charge is 0.249 e. The van der Waals surface area contributed by atoms with E-state index in [4.69, 9.17) is 15.5 Å². The largest absolute Gasteiger partial charge is 0.375 e. The number of aromatic amines is 1. The Kier molecular flexibility index (Phi) is 9.12. The van der Waals surface area contributed by atoms with Gasteiger partial charge in [0.2, 0.25) is 5.91 Å². The summed E-state index contributed by atoms with van der Waals surface area (Å²) in [7, 11) is 1.49. The molecule has 2 aromatic heterocycles. The number of hydrogen-bond acceptors (Lipinski definition) is 5. The maximum atomic E-state index is 13.1. The van der Waals surface area contributed by atoms with Gasteiger partial charge in [0, 0.05) is 38.3 Å². The zero-order valence-electron chi connectivity index (χ0n) is 20.9. The van der Waals surface area contributed by atoms with Crippen molar-refractivity contribution in [2.24, 2.45) is 11.1 Å². The number of halogens is 1. The lowest BCUT2D eigenvalue weighted by atomic mass is 9.84. The Balaban J connectivity index is 2.04. The molecule has 0 spiro atoms. The molecule has 7 nitrogen and oxygen atoms in total. The summed E-state index contributed by atoms with van der Waals surface area (Å²) >= 11 is 0. The second-order valence-electron chi connectivity index (χ2n) is 9.83. The van der Waals surface area contributed by atoms with Crippen molar-refractivity contribution in [3.63, 3.8) is 0 Å². The first kappa shape index (κ1) is 26.5. The van der Waals surface area contributed by atoms with Crippen molar-refractivity contribution in [2.75, 3.05) is 26.9 Å². The molecule has 3 aromatic rings. The molecule has 3 N–H and O–H groups in total. The van der Waals surface area contributed by atoms with Crippen LogP contribution in [0, 0.1) is 5.41 Å². The molecule has 1 amide bonds. The molecule has 2 heterocycles. The second kappa shape index (κ2) is 12.0. The van der Waals surface area contributed by atoms with Gasteiger partial charge >= 0.3 is 0 Å². The molecule has 0 saturated heterocycles. The van der Waals surface area contributed by atoms with Crippen LogP contribution in [-0.2, 0) is 9.53 Å². The summed E-state index contributed by atoms with van der Waals surface area (Å²) in [5, 5.41) is 0. The Labute approximate surface area is 206 Å². The minimum Gasteiger partial charge on any atom is -0.375 e. The van der Waals surface area contributed by atoms with Crippen LogP contribution >= 0.6 is 0 Å². The quantitative estimate of drug-likeness (QED) is 0.427. The Morgan fingerprint density at radius 2 is 1.80 bits per heavy atom. The van der Waals surface area contributed by atoms with Gasteiger partial charge in [-0.1, -0.05) is 51.1 Å². The number of ether oxygens (including phenoxy) is 1. The summed E-state index contributed by atoms with van der Waals surface area (Å²) < 4.78 is 18.2. The average molecular weight is 482 g/mol. The maximum Gasteiger partial charge on any atom is 0.249 e. The van der Waals surface area contributed by atoms with E-state index in [1.165, 1.54) is 7.11 Å². The molecule has 188 valence electrons. The average Bonchev–Trinajstić information content (AvgIpc) is 3.30. The lowest BCUT2D eigenvalue weighted by Crippen LogP contribution is -2.45. The second-order valence-corrected chi connectivity index (χ2v) is 9.83. The number of imidazole rings is 1. The van der Waals surface area contributed by atoms with Crippen molar-refractivity contribution in [1.82, 2.24) is 19.9 Å². The molecule has 3 rings (SSSR count). The third-order valence-electron chi connectivity index (χ3n) is 6.00. The van der Waals surface area contributed by atoms with Crippen LogP contribution in [0.2, 0.25) is 0 Å². The van der Waals surface area contributed by atoms with Crippen molar-refractivity contribution in [2.45, 2.75) is 45.2 Å². The predicted octanol–water partition coefficient (Wildman–Crippen LogP) is 4.23. The van der Waals surface area contributed by atoms with E-state index in [1.54, 1.807) is 17.3 Å². The Bertz CT molecular complexity index is 1010. The van der Waals surface area contributed by atoms with Crippen LogP contribution in [0.4, 0.5) is 4.39 Å². The van der Waals surface area contributed by atoms with Crippen LogP contribution in [0.25, 0.3) is 0 Å². The molecule has 0 bridgehead atoms. The van der Waals surface area contributed by atoms with Gasteiger partial charge in [0.25, 0.3) is 0 Å². The molecule has 0 radical (unpaired) electrons. The Morgan fingerprint density at radius 1 is 1.14 bits per heavy atom. The van der Waals surface area contributed by atoms with Gasteiger partial charge in [0.1, 0.15) is 19.1 Å². The van der Waals surface area contributed by atoms with E-state index in [0.717, 1.165) is 16.8 Å². The third-order valence-corrected chi connectivity index (χ3v) is 6.00. The maximum absolute atomic E-state index is 13.1. The molecule has 0 aliphatic heterocycles. The number of nitrogens with one attached hydrogen (secondary N) is 1. The van der Waals surface area contributed by atoms with Gasteiger partial charge in [-0.3, -0.25) is 9.78 Å². The number of rotatable bonds is 11. The number of hydrogen-bond donors (Lipinski definition) is 2. The fraction of sp³-hybridized carbons (Fsp3) is 0.444. The molecule has 0 aliphatic carbocycles. The lowest BCUT2D eigenvalue weighted by molar-refractivity contribution is -0.140. The number of alkyl halides is 1. The molecule has 1 aromatic carbocycles. The summed E-state index contributed by atoms with van der Waals surface area (Å²) in [6, 6.07) is 13.1. The zero-order chi connectivity index (χ0) is 25.4. The summed E-state index contributed by atoms with van der Waals surface area (Å²) in [5.41, 5.74) is 8.49. The lowest BCUT2D eigenvalue weighted by Gasteiger charge is -2.39. The number of aromatic nitrogens is 3. The van der Waals surface area contributed by atoms with Crippen molar-refractivity contribution < 1.29 is 13.9 Å². The number of carbonyl (C=O) groups excluding carboxylic acids is 1. The van der Waals surface area contributed by atoms with Crippen LogP contribution in [0.5, 0.6) is 0 Å². The van der Waals surface area contributed by atoms with Crippen molar-refractivity contribution in [3.8, 4) is 0 Å². The molecule has 0 saturated carbocycles. The number of carbonyl (C=O) groups is 1. The van der Waals surface area contributed by atoms with E-state index in [9.17, 15) is 9.18 Å². The highest BCUT2D eigenvalue weighted by molar-refractivity contribution is 5.78. The monoisotopic (exact) mass is 481 g/mol. The Morgan fingerprint density at radius 3 is 2.40 bits per heavy atom. The molecule has 8 heteroatoms. The van der Waals surface area contributed by atoms with Gasteiger partial charge in [-0.2, -0.15) is 0 Å².